The molecule has 1 aliphatic carbocycles. The first-order chi connectivity index (χ1) is 8.19. The molecule has 0 spiro atoms. The number of carbonyl (C=O) groups is 1. The van der Waals surface area contributed by atoms with E-state index in [1.807, 2.05) is 6.07 Å². The number of ether oxygens (including phenoxy) is 1. The summed E-state index contributed by atoms with van der Waals surface area (Å²) in [6, 6.07) is 3.20. The van der Waals surface area contributed by atoms with Crippen LogP contribution in [0.1, 0.15) is 34.9 Å². The second kappa shape index (κ2) is 3.44. The van der Waals surface area contributed by atoms with Crippen molar-refractivity contribution in [1.29, 1.82) is 0 Å². The number of carboxylic acids is 1. The van der Waals surface area contributed by atoms with Gasteiger partial charge in [0.15, 0.2) is 11.3 Å². The second-order valence-electron chi connectivity index (χ2n) is 4.10. The molecule has 1 saturated carbocycles. The topological polar surface area (TPSA) is 76.7 Å². The Labute approximate surface area is 96.8 Å². The molecular formula is C11H11N3O3. The predicted molar refractivity (Wildman–Crippen MR) is 58.5 cm³/mol. The smallest absolute Gasteiger partial charge is 0.354 e. The largest absolute Gasteiger partial charge is 0.481 e. The average Bonchev–Trinajstić information content (AvgIpc) is 3.07. The van der Waals surface area contributed by atoms with Crippen molar-refractivity contribution in [1.82, 2.24) is 14.6 Å². The van der Waals surface area contributed by atoms with Crippen molar-refractivity contribution >= 4 is 11.6 Å². The summed E-state index contributed by atoms with van der Waals surface area (Å²) in [4.78, 5) is 15.0. The number of aromatic nitrogens is 3. The van der Waals surface area contributed by atoms with Crippen LogP contribution in [0.15, 0.2) is 12.1 Å². The summed E-state index contributed by atoms with van der Waals surface area (Å²) in [5.41, 5.74) is 1.44. The van der Waals surface area contributed by atoms with Crippen LogP contribution in [0.5, 0.6) is 5.88 Å². The van der Waals surface area contributed by atoms with Gasteiger partial charge < -0.3 is 9.84 Å². The van der Waals surface area contributed by atoms with Crippen molar-refractivity contribution in [3.05, 3.63) is 23.5 Å². The van der Waals surface area contributed by atoms with Gasteiger partial charge in [0, 0.05) is 18.1 Å². The van der Waals surface area contributed by atoms with Gasteiger partial charge in [-0.2, -0.15) is 9.61 Å². The van der Waals surface area contributed by atoms with E-state index in [2.05, 4.69) is 10.1 Å². The lowest BCUT2D eigenvalue weighted by molar-refractivity contribution is 0.0690. The standard InChI is InChI=1S/C11H11N3O3/c1-17-10-5-8(11(15)16)12-9-4-7(6-2-3-6)13-14(9)10/h4-6H,2-3H2,1H3,(H,15,16). The van der Waals surface area contributed by atoms with Crippen LogP contribution in [-0.4, -0.2) is 32.8 Å². The highest BCUT2D eigenvalue weighted by Gasteiger charge is 2.27. The highest BCUT2D eigenvalue weighted by atomic mass is 16.5. The second-order valence-corrected chi connectivity index (χ2v) is 4.10. The molecule has 1 fully saturated rings. The van der Waals surface area contributed by atoms with E-state index in [0.717, 1.165) is 18.5 Å². The van der Waals surface area contributed by atoms with E-state index in [0.29, 0.717) is 17.4 Å². The van der Waals surface area contributed by atoms with Gasteiger partial charge in [-0.25, -0.2) is 9.78 Å². The van der Waals surface area contributed by atoms with Crippen molar-refractivity contribution in [2.45, 2.75) is 18.8 Å². The highest BCUT2D eigenvalue weighted by Crippen LogP contribution is 2.39. The Kier molecular flexibility index (Phi) is 2.04. The molecular weight excluding hydrogens is 222 g/mol. The quantitative estimate of drug-likeness (QED) is 0.864. The van der Waals surface area contributed by atoms with Crippen LogP contribution in [0.4, 0.5) is 0 Å². The minimum absolute atomic E-state index is 0.0309. The van der Waals surface area contributed by atoms with Crippen LogP contribution in [0, 0.1) is 0 Å². The molecule has 1 aliphatic rings. The molecule has 0 amide bonds. The Morgan fingerprint density at radius 1 is 1.53 bits per heavy atom. The number of fused-ring (bicyclic) bond motifs is 1. The summed E-state index contributed by atoms with van der Waals surface area (Å²) in [5.74, 6) is -0.186. The molecule has 0 saturated heterocycles. The lowest BCUT2D eigenvalue weighted by Crippen LogP contribution is -2.05. The van der Waals surface area contributed by atoms with E-state index in [1.165, 1.54) is 13.2 Å². The van der Waals surface area contributed by atoms with E-state index in [-0.39, 0.29) is 5.69 Å². The first-order valence-electron chi connectivity index (χ1n) is 5.37. The summed E-state index contributed by atoms with van der Waals surface area (Å²) in [6.07, 6.45) is 2.27. The lowest BCUT2D eigenvalue weighted by Gasteiger charge is -2.03. The van der Waals surface area contributed by atoms with Gasteiger partial charge in [-0.15, -0.1) is 0 Å². The molecule has 0 aromatic carbocycles. The first kappa shape index (κ1) is 10.1. The zero-order chi connectivity index (χ0) is 12.0. The predicted octanol–water partition coefficient (Wildman–Crippen LogP) is 1.31. The number of carboxylic acid groups (broad SMARTS) is 1. The third-order valence-electron chi connectivity index (χ3n) is 2.84. The molecule has 6 heteroatoms. The fourth-order valence-corrected chi connectivity index (χ4v) is 1.80. The fraction of sp³-hybridized carbons (Fsp3) is 0.364. The Bertz CT molecular complexity index is 601. The normalized spacial score (nSPS) is 15.1. The van der Waals surface area contributed by atoms with Crippen molar-refractivity contribution in [3.8, 4) is 5.88 Å². The maximum absolute atomic E-state index is 10.9. The summed E-state index contributed by atoms with van der Waals surface area (Å²) in [7, 11) is 1.49. The Hall–Kier alpha value is -2.11. The van der Waals surface area contributed by atoms with E-state index < -0.39 is 5.97 Å². The molecule has 88 valence electrons. The monoisotopic (exact) mass is 233 g/mol. The summed E-state index contributed by atoms with van der Waals surface area (Å²) < 4.78 is 6.67. The van der Waals surface area contributed by atoms with Crippen molar-refractivity contribution in [2.75, 3.05) is 7.11 Å². The van der Waals surface area contributed by atoms with Crippen molar-refractivity contribution in [3.63, 3.8) is 0 Å². The average molecular weight is 233 g/mol. The highest BCUT2D eigenvalue weighted by molar-refractivity contribution is 5.86. The van der Waals surface area contributed by atoms with Crippen LogP contribution >= 0.6 is 0 Å². The van der Waals surface area contributed by atoms with Crippen molar-refractivity contribution in [2.24, 2.45) is 0 Å². The van der Waals surface area contributed by atoms with Gasteiger partial charge >= 0.3 is 5.97 Å². The Morgan fingerprint density at radius 2 is 2.29 bits per heavy atom. The summed E-state index contributed by atoms with van der Waals surface area (Å²) in [5, 5.41) is 13.3. The molecule has 1 N–H and O–H groups in total. The Balaban J connectivity index is 2.21. The van der Waals surface area contributed by atoms with Gasteiger partial charge in [-0.3, -0.25) is 0 Å². The molecule has 0 bridgehead atoms. The maximum atomic E-state index is 10.9. The van der Waals surface area contributed by atoms with Gasteiger partial charge in [-0.05, 0) is 12.8 Å². The molecule has 0 atom stereocenters. The van der Waals surface area contributed by atoms with Crippen LogP contribution in [-0.2, 0) is 0 Å². The molecule has 2 aromatic rings. The minimum Gasteiger partial charge on any atom is -0.481 e. The summed E-state index contributed by atoms with van der Waals surface area (Å²) >= 11 is 0. The third-order valence-corrected chi connectivity index (χ3v) is 2.84. The number of hydrogen-bond donors (Lipinski definition) is 1. The summed E-state index contributed by atoms with van der Waals surface area (Å²) in [6.45, 7) is 0. The molecule has 6 nitrogen and oxygen atoms in total. The molecule has 2 aromatic heterocycles. The van der Waals surface area contributed by atoms with Crippen molar-refractivity contribution < 1.29 is 14.6 Å². The van der Waals surface area contributed by atoms with E-state index in [1.54, 1.807) is 4.52 Å². The zero-order valence-corrected chi connectivity index (χ0v) is 9.25. The van der Waals surface area contributed by atoms with E-state index >= 15 is 0 Å². The van der Waals surface area contributed by atoms with Crippen LogP contribution in [0.25, 0.3) is 5.65 Å². The van der Waals surface area contributed by atoms with Gasteiger partial charge in [-0.1, -0.05) is 0 Å². The molecule has 2 heterocycles. The molecule has 0 unspecified atom stereocenters. The van der Waals surface area contributed by atoms with Crippen LogP contribution < -0.4 is 4.74 Å². The van der Waals surface area contributed by atoms with Crippen LogP contribution in [0.2, 0.25) is 0 Å². The van der Waals surface area contributed by atoms with Gasteiger partial charge in [0.2, 0.25) is 5.88 Å². The van der Waals surface area contributed by atoms with E-state index in [9.17, 15) is 4.79 Å². The number of methoxy groups -OCH3 is 1. The third kappa shape index (κ3) is 1.61. The number of hydrogen-bond acceptors (Lipinski definition) is 4. The molecule has 3 rings (SSSR count). The number of rotatable bonds is 3. The minimum atomic E-state index is -1.07. The fourth-order valence-electron chi connectivity index (χ4n) is 1.80. The molecule has 17 heavy (non-hydrogen) atoms. The number of aromatic carboxylic acids is 1. The SMILES string of the molecule is COc1cc(C(=O)O)nc2cc(C3CC3)nn12. The van der Waals surface area contributed by atoms with Crippen LogP contribution in [0.3, 0.4) is 0 Å². The first-order valence-corrected chi connectivity index (χ1v) is 5.37. The van der Waals surface area contributed by atoms with E-state index in [4.69, 9.17) is 9.84 Å². The molecule has 0 radical (unpaired) electrons. The number of nitrogens with zero attached hydrogens (tertiary/aromatic N) is 3. The molecule has 0 aliphatic heterocycles. The van der Waals surface area contributed by atoms with Gasteiger partial charge in [0.1, 0.15) is 0 Å². The van der Waals surface area contributed by atoms with Gasteiger partial charge in [0.25, 0.3) is 0 Å². The lowest BCUT2D eigenvalue weighted by atomic mass is 10.3. The van der Waals surface area contributed by atoms with Gasteiger partial charge in [0.05, 0.1) is 12.8 Å². The Morgan fingerprint density at radius 3 is 2.88 bits per heavy atom. The maximum Gasteiger partial charge on any atom is 0.354 e. The zero-order valence-electron chi connectivity index (χ0n) is 9.25.